The Kier molecular flexibility index (Phi) is 4.49. The molecule has 1 unspecified atom stereocenters. The molecular weight excluding hydrogens is 278 g/mol. The molecule has 1 aliphatic rings. The van der Waals surface area contributed by atoms with Crippen molar-refractivity contribution in [1.29, 1.82) is 0 Å². The van der Waals surface area contributed by atoms with Crippen LogP contribution in [0.5, 0.6) is 0 Å². The molecule has 0 amide bonds. The molecule has 1 heterocycles. The van der Waals surface area contributed by atoms with Crippen molar-refractivity contribution in [1.82, 2.24) is 0 Å². The lowest BCUT2D eigenvalue weighted by molar-refractivity contribution is 0.317. The number of nitrogens with two attached hydrogens (primary N) is 1. The van der Waals surface area contributed by atoms with E-state index < -0.39 is 9.84 Å². The number of anilines is 1. The number of amidine groups is 1. The molecule has 0 aromatic heterocycles. The first-order chi connectivity index (χ1) is 9.52. The Hall–Kier alpha value is -1.76. The van der Waals surface area contributed by atoms with Gasteiger partial charge in [0, 0.05) is 24.7 Å². The summed E-state index contributed by atoms with van der Waals surface area (Å²) in [5.74, 6) is 0.537. The minimum atomic E-state index is -2.95. The highest BCUT2D eigenvalue weighted by atomic mass is 32.2. The van der Waals surface area contributed by atoms with Crippen LogP contribution in [-0.2, 0) is 9.84 Å². The fraction of sp³-hybridized carbons (Fsp3) is 0.462. The van der Waals surface area contributed by atoms with Crippen LogP contribution in [0.4, 0.5) is 5.69 Å². The van der Waals surface area contributed by atoms with Crippen molar-refractivity contribution in [3.05, 3.63) is 30.3 Å². The molecule has 110 valence electrons. The van der Waals surface area contributed by atoms with Crippen LogP contribution in [-0.4, -0.2) is 43.6 Å². The number of nitrogens with zero attached hydrogens (tertiary/aromatic N) is 2. The van der Waals surface area contributed by atoms with Crippen molar-refractivity contribution < 1.29 is 13.6 Å². The third-order valence-electron chi connectivity index (χ3n) is 3.47. The molecule has 0 radical (unpaired) electrons. The zero-order valence-corrected chi connectivity index (χ0v) is 12.0. The first-order valence-corrected chi connectivity index (χ1v) is 8.32. The third-order valence-corrected chi connectivity index (χ3v) is 5.22. The summed E-state index contributed by atoms with van der Waals surface area (Å²) in [7, 11) is -2.95. The summed E-state index contributed by atoms with van der Waals surface area (Å²) in [4.78, 5) is 2.03. The topological polar surface area (TPSA) is 96.0 Å². The van der Waals surface area contributed by atoms with Crippen LogP contribution in [0, 0.1) is 0 Å². The van der Waals surface area contributed by atoms with E-state index in [1.165, 1.54) is 0 Å². The molecule has 1 aromatic rings. The van der Waals surface area contributed by atoms with Gasteiger partial charge in [0.05, 0.1) is 11.5 Å². The monoisotopic (exact) mass is 297 g/mol. The van der Waals surface area contributed by atoms with Gasteiger partial charge in [-0.1, -0.05) is 23.4 Å². The Balaban J connectivity index is 2.17. The zero-order valence-electron chi connectivity index (χ0n) is 11.1. The van der Waals surface area contributed by atoms with Crippen molar-refractivity contribution in [2.24, 2.45) is 10.9 Å². The summed E-state index contributed by atoms with van der Waals surface area (Å²) in [5.41, 5.74) is 6.47. The van der Waals surface area contributed by atoms with Crippen LogP contribution in [0.15, 0.2) is 35.5 Å². The maximum Gasteiger partial charge on any atom is 0.152 e. The summed E-state index contributed by atoms with van der Waals surface area (Å²) in [6, 6.07) is 9.57. The highest BCUT2D eigenvalue weighted by Gasteiger charge is 2.32. The van der Waals surface area contributed by atoms with Crippen molar-refractivity contribution in [2.45, 2.75) is 18.9 Å². The number of sulfone groups is 1. The normalized spacial score (nSPS) is 21.8. The smallest absolute Gasteiger partial charge is 0.152 e. The minimum absolute atomic E-state index is 0.0473. The second kappa shape index (κ2) is 6.13. The van der Waals surface area contributed by atoms with Gasteiger partial charge in [-0.2, -0.15) is 0 Å². The van der Waals surface area contributed by atoms with Gasteiger partial charge in [-0.25, -0.2) is 8.42 Å². The first-order valence-electron chi connectivity index (χ1n) is 6.50. The van der Waals surface area contributed by atoms with E-state index in [1.807, 2.05) is 35.2 Å². The predicted octanol–water partition coefficient (Wildman–Crippen LogP) is 0.817. The Morgan fingerprint density at radius 3 is 2.65 bits per heavy atom. The second-order valence-corrected chi connectivity index (χ2v) is 7.16. The molecule has 1 aliphatic heterocycles. The fourth-order valence-electron chi connectivity index (χ4n) is 2.45. The molecule has 0 spiro atoms. The maximum atomic E-state index is 11.7. The standard InChI is InChI=1S/C13H19N3O3S/c14-13(15-17)6-8-16(11-4-2-1-3-5-11)12-7-9-20(18,19)10-12/h1-5,12,17H,6-10H2,(H2,14,15). The van der Waals surface area contributed by atoms with Gasteiger partial charge in [-0.05, 0) is 18.6 Å². The van der Waals surface area contributed by atoms with E-state index in [1.54, 1.807) is 0 Å². The van der Waals surface area contributed by atoms with E-state index in [2.05, 4.69) is 5.16 Å². The van der Waals surface area contributed by atoms with Crippen LogP contribution in [0.1, 0.15) is 12.8 Å². The van der Waals surface area contributed by atoms with E-state index in [0.29, 0.717) is 19.4 Å². The maximum absolute atomic E-state index is 11.7. The van der Waals surface area contributed by atoms with Gasteiger partial charge in [0.1, 0.15) is 5.84 Å². The lowest BCUT2D eigenvalue weighted by Gasteiger charge is -2.30. The second-order valence-electron chi connectivity index (χ2n) is 4.93. The number of hydrogen-bond donors (Lipinski definition) is 2. The van der Waals surface area contributed by atoms with Crippen molar-refractivity contribution in [3.63, 3.8) is 0 Å². The van der Waals surface area contributed by atoms with E-state index in [-0.39, 0.29) is 23.4 Å². The Morgan fingerprint density at radius 1 is 1.40 bits per heavy atom. The molecular formula is C13H19N3O3S. The number of benzene rings is 1. The van der Waals surface area contributed by atoms with E-state index in [9.17, 15) is 8.42 Å². The third kappa shape index (κ3) is 3.63. The SMILES string of the molecule is N/C(CCN(c1ccccc1)C1CCS(=O)(=O)C1)=N\O. The molecule has 0 saturated carbocycles. The van der Waals surface area contributed by atoms with E-state index in [4.69, 9.17) is 10.9 Å². The Bertz CT molecular complexity index is 572. The van der Waals surface area contributed by atoms with Gasteiger partial charge in [-0.3, -0.25) is 0 Å². The van der Waals surface area contributed by atoms with Gasteiger partial charge >= 0.3 is 0 Å². The highest BCUT2D eigenvalue weighted by molar-refractivity contribution is 7.91. The highest BCUT2D eigenvalue weighted by Crippen LogP contribution is 2.24. The Labute approximate surface area is 118 Å². The average Bonchev–Trinajstić information content (AvgIpc) is 2.80. The lowest BCUT2D eigenvalue weighted by Crippen LogP contribution is -2.38. The van der Waals surface area contributed by atoms with Crippen LogP contribution < -0.4 is 10.6 Å². The molecule has 2 rings (SSSR count). The summed E-state index contributed by atoms with van der Waals surface area (Å²) >= 11 is 0. The average molecular weight is 297 g/mol. The molecule has 6 nitrogen and oxygen atoms in total. The molecule has 3 N–H and O–H groups in total. The Morgan fingerprint density at radius 2 is 2.10 bits per heavy atom. The predicted molar refractivity (Wildman–Crippen MR) is 78.9 cm³/mol. The summed E-state index contributed by atoms with van der Waals surface area (Å²) in [6.45, 7) is 0.528. The molecule has 1 fully saturated rings. The molecule has 1 saturated heterocycles. The largest absolute Gasteiger partial charge is 0.409 e. The molecule has 1 atom stereocenters. The molecule has 0 bridgehead atoms. The van der Waals surface area contributed by atoms with Gasteiger partial charge in [0.25, 0.3) is 0 Å². The van der Waals surface area contributed by atoms with Crippen molar-refractivity contribution >= 4 is 21.4 Å². The first kappa shape index (κ1) is 14.6. The van der Waals surface area contributed by atoms with Crippen molar-refractivity contribution in [3.8, 4) is 0 Å². The molecule has 0 aliphatic carbocycles. The molecule has 20 heavy (non-hydrogen) atoms. The lowest BCUT2D eigenvalue weighted by atomic mass is 10.1. The van der Waals surface area contributed by atoms with Crippen molar-refractivity contribution in [2.75, 3.05) is 23.0 Å². The fourth-order valence-corrected chi connectivity index (χ4v) is 4.18. The van der Waals surface area contributed by atoms with E-state index in [0.717, 1.165) is 5.69 Å². The van der Waals surface area contributed by atoms with Gasteiger partial charge in [-0.15, -0.1) is 0 Å². The van der Waals surface area contributed by atoms with Crippen LogP contribution >= 0.6 is 0 Å². The summed E-state index contributed by atoms with van der Waals surface area (Å²) in [5, 5.41) is 11.6. The molecule has 7 heteroatoms. The molecule has 1 aromatic carbocycles. The minimum Gasteiger partial charge on any atom is -0.409 e. The van der Waals surface area contributed by atoms with E-state index >= 15 is 0 Å². The van der Waals surface area contributed by atoms with Gasteiger partial charge in [0.2, 0.25) is 0 Å². The number of oxime groups is 1. The van der Waals surface area contributed by atoms with Crippen LogP contribution in [0.3, 0.4) is 0 Å². The van der Waals surface area contributed by atoms with Gasteiger partial charge < -0.3 is 15.8 Å². The van der Waals surface area contributed by atoms with Crippen LogP contribution in [0.25, 0.3) is 0 Å². The number of rotatable bonds is 5. The van der Waals surface area contributed by atoms with Crippen LogP contribution in [0.2, 0.25) is 0 Å². The number of para-hydroxylation sites is 1. The zero-order chi connectivity index (χ0) is 14.6. The quantitative estimate of drug-likeness (QED) is 0.363. The number of hydrogen-bond acceptors (Lipinski definition) is 5. The van der Waals surface area contributed by atoms with Gasteiger partial charge in [0.15, 0.2) is 9.84 Å². The summed E-state index contributed by atoms with van der Waals surface area (Å²) < 4.78 is 23.3. The summed E-state index contributed by atoms with van der Waals surface area (Å²) in [6.07, 6.45) is 1.01.